The molecule has 0 aliphatic carbocycles. The maximum absolute atomic E-state index is 11.0. The third kappa shape index (κ3) is 2.86. The highest BCUT2D eigenvalue weighted by atomic mass is 127. The third-order valence-electron chi connectivity index (χ3n) is 1.45. The highest BCUT2D eigenvalue weighted by Gasteiger charge is 2.05. The smallest absolute Gasteiger partial charge is 0.182 e. The quantitative estimate of drug-likeness (QED) is 0.349. The van der Waals surface area contributed by atoms with Crippen molar-refractivity contribution in [3.8, 4) is 0 Å². The molecule has 0 saturated carbocycles. The van der Waals surface area contributed by atoms with E-state index in [0.29, 0.717) is 5.56 Å². The molecule has 0 fully saturated rings. The van der Waals surface area contributed by atoms with Crippen LogP contribution < -0.4 is 34.3 Å². The highest BCUT2D eigenvalue weighted by Crippen LogP contribution is 1.93. The van der Waals surface area contributed by atoms with E-state index in [2.05, 4.69) is 0 Å². The number of carbonyl (C=O) groups excluding carboxylic acids is 1. The first-order chi connectivity index (χ1) is 5.24. The Bertz CT molecular complexity index is 276. The number of nitrogens with two attached hydrogens (primary N) is 1. The summed E-state index contributed by atoms with van der Waals surface area (Å²) in [4.78, 5) is 11.0. The van der Waals surface area contributed by atoms with Gasteiger partial charge in [-0.05, 0) is 6.07 Å². The lowest BCUT2D eigenvalue weighted by molar-refractivity contribution is -0.671. The van der Waals surface area contributed by atoms with E-state index in [-0.39, 0.29) is 36.3 Å². The van der Waals surface area contributed by atoms with E-state index in [1.165, 1.54) is 0 Å². The van der Waals surface area contributed by atoms with E-state index < -0.39 is 0 Å². The van der Waals surface area contributed by atoms with Gasteiger partial charge in [0, 0.05) is 6.07 Å². The highest BCUT2D eigenvalue weighted by molar-refractivity contribution is 5.96. The molecule has 66 valence electrons. The Balaban J connectivity index is 0.00000121. The monoisotopic (exact) mass is 278 g/mol. The molecule has 0 saturated heterocycles. The molecule has 2 N–H and O–H groups in total. The van der Waals surface area contributed by atoms with Crippen LogP contribution in [0.25, 0.3) is 0 Å². The number of carbonyl (C=O) groups is 1. The van der Waals surface area contributed by atoms with Crippen LogP contribution in [-0.2, 0) is 7.05 Å². The second-order valence-electron chi connectivity index (χ2n) is 2.39. The van der Waals surface area contributed by atoms with E-state index in [0.717, 1.165) is 0 Å². The molecule has 1 aromatic heterocycles. The second-order valence-corrected chi connectivity index (χ2v) is 2.39. The maximum Gasteiger partial charge on any atom is 0.182 e. The number of hydrogen-bond donors (Lipinski definition) is 1. The first kappa shape index (κ1) is 11.5. The van der Waals surface area contributed by atoms with Gasteiger partial charge in [0.05, 0.1) is 12.1 Å². The van der Waals surface area contributed by atoms with Gasteiger partial charge < -0.3 is 29.7 Å². The van der Waals surface area contributed by atoms with Crippen molar-refractivity contribution in [2.75, 3.05) is 6.54 Å². The zero-order valence-electron chi connectivity index (χ0n) is 6.83. The van der Waals surface area contributed by atoms with E-state index in [1.807, 2.05) is 23.9 Å². The number of aromatic nitrogens is 1. The van der Waals surface area contributed by atoms with Crippen molar-refractivity contribution in [3.05, 3.63) is 30.1 Å². The van der Waals surface area contributed by atoms with Gasteiger partial charge in [0.15, 0.2) is 18.2 Å². The Morgan fingerprint density at radius 3 is 2.83 bits per heavy atom. The van der Waals surface area contributed by atoms with Crippen molar-refractivity contribution in [1.29, 1.82) is 0 Å². The van der Waals surface area contributed by atoms with E-state index in [1.54, 1.807) is 12.3 Å². The van der Waals surface area contributed by atoms with E-state index >= 15 is 0 Å². The standard InChI is InChI=1S/C8H11N2O.HI/c1-10-4-2-3-7(6-10)8(11)5-9;/h2-4,6H,5,9H2,1H3;1H/q+1;/p-1. The lowest BCUT2D eigenvalue weighted by Gasteiger charge is -1.93. The molecular weight excluding hydrogens is 267 g/mol. The summed E-state index contributed by atoms with van der Waals surface area (Å²) < 4.78 is 1.82. The number of Topliss-reactive ketones (excluding diaryl/α,β-unsaturated/α-hetero) is 1. The van der Waals surface area contributed by atoms with Gasteiger partial charge in [-0.15, -0.1) is 0 Å². The minimum absolute atomic E-state index is 0. The fourth-order valence-electron chi connectivity index (χ4n) is 0.871. The summed E-state index contributed by atoms with van der Waals surface area (Å²) in [5.41, 5.74) is 5.86. The molecule has 1 rings (SSSR count). The number of ketones is 1. The summed E-state index contributed by atoms with van der Waals surface area (Å²) in [5, 5.41) is 0. The lowest BCUT2D eigenvalue weighted by atomic mass is 10.2. The molecule has 0 bridgehead atoms. The average molecular weight is 278 g/mol. The summed E-state index contributed by atoms with van der Waals surface area (Å²) in [7, 11) is 1.87. The Morgan fingerprint density at radius 2 is 2.33 bits per heavy atom. The summed E-state index contributed by atoms with van der Waals surface area (Å²) in [6, 6.07) is 3.58. The number of nitrogens with zero attached hydrogens (tertiary/aromatic N) is 1. The molecule has 0 radical (unpaired) electrons. The second kappa shape index (κ2) is 5.21. The molecule has 0 aliphatic heterocycles. The molecule has 12 heavy (non-hydrogen) atoms. The molecule has 0 spiro atoms. The number of hydrogen-bond acceptors (Lipinski definition) is 2. The molecule has 1 aromatic rings. The Labute approximate surface area is 88.6 Å². The van der Waals surface area contributed by atoms with Gasteiger partial charge in [0.1, 0.15) is 7.05 Å². The van der Waals surface area contributed by atoms with Crippen LogP contribution >= 0.6 is 0 Å². The minimum Gasteiger partial charge on any atom is -1.00 e. The topological polar surface area (TPSA) is 47.0 Å². The molecule has 0 unspecified atom stereocenters. The predicted molar refractivity (Wildman–Crippen MR) is 41.0 cm³/mol. The molecule has 0 atom stereocenters. The summed E-state index contributed by atoms with van der Waals surface area (Å²) in [5.74, 6) is -0.0267. The van der Waals surface area contributed by atoms with Crippen molar-refractivity contribution in [2.45, 2.75) is 0 Å². The lowest BCUT2D eigenvalue weighted by Crippen LogP contribution is -3.00. The number of halogens is 1. The fourth-order valence-corrected chi connectivity index (χ4v) is 0.871. The van der Waals surface area contributed by atoms with Crippen LogP contribution in [0.1, 0.15) is 10.4 Å². The third-order valence-corrected chi connectivity index (χ3v) is 1.45. The van der Waals surface area contributed by atoms with E-state index in [4.69, 9.17) is 5.73 Å². The number of aryl methyl sites for hydroxylation is 1. The minimum atomic E-state index is -0.0267. The van der Waals surface area contributed by atoms with Crippen molar-refractivity contribution in [3.63, 3.8) is 0 Å². The molecular formula is C8H11IN2O. The van der Waals surface area contributed by atoms with Crippen LogP contribution in [0.2, 0.25) is 0 Å². The Morgan fingerprint density at radius 1 is 1.67 bits per heavy atom. The number of rotatable bonds is 2. The van der Waals surface area contributed by atoms with Crippen molar-refractivity contribution >= 4 is 5.78 Å². The van der Waals surface area contributed by atoms with Crippen LogP contribution in [0, 0.1) is 0 Å². The van der Waals surface area contributed by atoms with Gasteiger partial charge in [0.2, 0.25) is 0 Å². The van der Waals surface area contributed by atoms with Crippen molar-refractivity contribution in [2.24, 2.45) is 12.8 Å². The van der Waals surface area contributed by atoms with Gasteiger partial charge in [-0.25, -0.2) is 4.57 Å². The number of pyridine rings is 1. The summed E-state index contributed by atoms with van der Waals surface area (Å²) in [6.45, 7) is 0.0734. The van der Waals surface area contributed by atoms with Gasteiger partial charge >= 0.3 is 0 Å². The molecule has 0 aromatic carbocycles. The Hall–Kier alpha value is -0.490. The maximum atomic E-state index is 11.0. The van der Waals surface area contributed by atoms with Crippen LogP contribution in [0.3, 0.4) is 0 Å². The zero-order chi connectivity index (χ0) is 8.27. The normalized spacial score (nSPS) is 8.83. The summed E-state index contributed by atoms with van der Waals surface area (Å²) in [6.07, 6.45) is 3.63. The van der Waals surface area contributed by atoms with Gasteiger partial charge in [-0.1, -0.05) is 0 Å². The van der Waals surface area contributed by atoms with E-state index in [9.17, 15) is 4.79 Å². The first-order valence-corrected chi connectivity index (χ1v) is 3.42. The Kier molecular flexibility index (Phi) is 5.00. The average Bonchev–Trinajstić information content (AvgIpc) is 2.03. The van der Waals surface area contributed by atoms with Crippen LogP contribution in [-0.4, -0.2) is 12.3 Å². The SMILES string of the molecule is C[n+]1cccc(C(=O)CN)c1.[I-]. The van der Waals surface area contributed by atoms with Crippen LogP contribution in [0.15, 0.2) is 24.5 Å². The molecule has 4 heteroatoms. The summed E-state index contributed by atoms with van der Waals surface area (Å²) >= 11 is 0. The van der Waals surface area contributed by atoms with Gasteiger partial charge in [0.25, 0.3) is 0 Å². The van der Waals surface area contributed by atoms with Gasteiger partial charge in [-0.3, -0.25) is 4.79 Å². The molecule has 0 amide bonds. The van der Waals surface area contributed by atoms with Crippen molar-refractivity contribution < 1.29 is 33.3 Å². The van der Waals surface area contributed by atoms with Crippen LogP contribution in [0.4, 0.5) is 0 Å². The first-order valence-electron chi connectivity index (χ1n) is 3.42. The molecule has 0 aliphatic rings. The van der Waals surface area contributed by atoms with Gasteiger partial charge in [-0.2, -0.15) is 0 Å². The largest absolute Gasteiger partial charge is 1.00 e. The van der Waals surface area contributed by atoms with Crippen molar-refractivity contribution in [1.82, 2.24) is 0 Å². The fraction of sp³-hybridized carbons (Fsp3) is 0.250. The molecule has 3 nitrogen and oxygen atoms in total. The zero-order valence-corrected chi connectivity index (χ0v) is 8.98. The molecule has 1 heterocycles. The van der Waals surface area contributed by atoms with Crippen LogP contribution in [0.5, 0.6) is 0 Å². The predicted octanol–water partition coefficient (Wildman–Crippen LogP) is -3.34.